The highest BCUT2D eigenvalue weighted by molar-refractivity contribution is 5.95. The maximum atomic E-state index is 12.5. The number of rotatable bonds is 7. The Bertz CT molecular complexity index is 755. The summed E-state index contributed by atoms with van der Waals surface area (Å²) < 4.78 is 0. The van der Waals surface area contributed by atoms with Gasteiger partial charge in [0, 0.05) is 30.5 Å². The Morgan fingerprint density at radius 3 is 2.77 bits per heavy atom. The van der Waals surface area contributed by atoms with Crippen LogP contribution in [0.2, 0.25) is 0 Å². The van der Waals surface area contributed by atoms with E-state index in [4.69, 9.17) is 0 Å². The molecule has 0 saturated carbocycles. The first-order chi connectivity index (χ1) is 12.8. The fourth-order valence-corrected chi connectivity index (χ4v) is 3.36. The summed E-state index contributed by atoms with van der Waals surface area (Å²) in [6, 6.07) is 13.8. The number of nitrogens with one attached hydrogen (secondary N) is 1. The predicted octanol–water partition coefficient (Wildman–Crippen LogP) is 4.86. The molecule has 4 heteroatoms. The fraction of sp³-hybridized carbons (Fsp3) is 0.364. The number of pyridine rings is 1. The van der Waals surface area contributed by atoms with Crippen LogP contribution in [0.3, 0.4) is 0 Å². The van der Waals surface area contributed by atoms with E-state index in [-0.39, 0.29) is 5.91 Å². The van der Waals surface area contributed by atoms with Crippen molar-refractivity contribution in [2.75, 3.05) is 18.0 Å². The number of carbonyl (C=O) groups excluding carboxylic acids is 1. The second-order valence-corrected chi connectivity index (χ2v) is 6.60. The number of benzene rings is 1. The molecule has 0 fully saturated rings. The standard InChI is InChI=1S/C22H27N3O/c1-2-25(20-11-7-4-8-12-20)21-17-19(14-16-23-21)22(26)24-15-13-18-9-5-3-6-10-18/h4,7-9,11-12,14,16-17H,2-3,5-6,10,13,15H2,1H3,(H,24,26). The molecular formula is C22H27N3O. The van der Waals surface area contributed by atoms with Crippen molar-refractivity contribution >= 4 is 17.4 Å². The molecule has 0 saturated heterocycles. The summed E-state index contributed by atoms with van der Waals surface area (Å²) in [5, 5.41) is 3.04. The molecular weight excluding hydrogens is 322 g/mol. The monoisotopic (exact) mass is 349 g/mol. The lowest BCUT2D eigenvalue weighted by molar-refractivity contribution is 0.0954. The molecule has 0 spiro atoms. The smallest absolute Gasteiger partial charge is 0.251 e. The number of hydrogen-bond donors (Lipinski definition) is 1. The van der Waals surface area contributed by atoms with Crippen LogP contribution in [0.25, 0.3) is 0 Å². The van der Waals surface area contributed by atoms with Gasteiger partial charge in [0.2, 0.25) is 0 Å². The van der Waals surface area contributed by atoms with Gasteiger partial charge in [0.1, 0.15) is 5.82 Å². The molecule has 1 heterocycles. The molecule has 3 rings (SSSR count). The van der Waals surface area contributed by atoms with Gasteiger partial charge in [-0.05, 0) is 63.3 Å². The number of anilines is 2. The Labute approximate surface area is 155 Å². The molecule has 4 nitrogen and oxygen atoms in total. The van der Waals surface area contributed by atoms with Crippen LogP contribution in [-0.2, 0) is 0 Å². The number of carbonyl (C=O) groups is 1. The third-order valence-electron chi connectivity index (χ3n) is 4.79. The SMILES string of the molecule is CCN(c1ccccc1)c1cc(C(=O)NCCC2=CCCCC2)ccn1. The van der Waals surface area contributed by atoms with Crippen molar-refractivity contribution in [3.8, 4) is 0 Å². The van der Waals surface area contributed by atoms with Gasteiger partial charge < -0.3 is 10.2 Å². The highest BCUT2D eigenvalue weighted by atomic mass is 16.1. The molecule has 1 aliphatic carbocycles. The van der Waals surface area contributed by atoms with Gasteiger partial charge >= 0.3 is 0 Å². The number of para-hydroxylation sites is 1. The Morgan fingerprint density at radius 1 is 1.19 bits per heavy atom. The van der Waals surface area contributed by atoms with Gasteiger partial charge in [-0.2, -0.15) is 0 Å². The summed E-state index contributed by atoms with van der Waals surface area (Å²) in [4.78, 5) is 19.1. The van der Waals surface area contributed by atoms with E-state index >= 15 is 0 Å². The molecule has 2 aromatic rings. The van der Waals surface area contributed by atoms with E-state index in [1.165, 1.54) is 31.3 Å². The highest BCUT2D eigenvalue weighted by Gasteiger charge is 2.12. The van der Waals surface area contributed by atoms with Gasteiger partial charge in [-0.3, -0.25) is 4.79 Å². The van der Waals surface area contributed by atoms with E-state index in [1.807, 2.05) is 24.3 Å². The number of hydrogen-bond acceptors (Lipinski definition) is 3. The summed E-state index contributed by atoms with van der Waals surface area (Å²) in [6.45, 7) is 3.56. The van der Waals surface area contributed by atoms with Crippen molar-refractivity contribution < 1.29 is 4.79 Å². The van der Waals surface area contributed by atoms with E-state index in [1.54, 1.807) is 12.3 Å². The zero-order chi connectivity index (χ0) is 18.2. The van der Waals surface area contributed by atoms with Crippen LogP contribution in [0.4, 0.5) is 11.5 Å². The molecule has 0 unspecified atom stereocenters. The van der Waals surface area contributed by atoms with Gasteiger partial charge in [-0.1, -0.05) is 29.8 Å². The van der Waals surface area contributed by atoms with Gasteiger partial charge in [0.25, 0.3) is 5.91 Å². The lowest BCUT2D eigenvalue weighted by Gasteiger charge is -2.22. The van der Waals surface area contributed by atoms with Gasteiger partial charge in [-0.15, -0.1) is 0 Å². The summed E-state index contributed by atoms with van der Waals surface area (Å²) >= 11 is 0. The topological polar surface area (TPSA) is 45.2 Å². The second-order valence-electron chi connectivity index (χ2n) is 6.60. The average molecular weight is 349 g/mol. The third-order valence-corrected chi connectivity index (χ3v) is 4.79. The number of aromatic nitrogens is 1. The van der Waals surface area contributed by atoms with Crippen molar-refractivity contribution in [3.63, 3.8) is 0 Å². The molecule has 0 aliphatic heterocycles. The van der Waals surface area contributed by atoms with E-state index in [0.717, 1.165) is 24.5 Å². The number of allylic oxidation sites excluding steroid dienone is 1. The van der Waals surface area contributed by atoms with Crippen LogP contribution in [0.5, 0.6) is 0 Å². The minimum absolute atomic E-state index is 0.0332. The summed E-state index contributed by atoms with van der Waals surface area (Å²) in [7, 11) is 0. The molecule has 1 aromatic carbocycles. The Morgan fingerprint density at radius 2 is 2.04 bits per heavy atom. The molecule has 1 aliphatic rings. The molecule has 136 valence electrons. The van der Waals surface area contributed by atoms with Crippen LogP contribution < -0.4 is 10.2 Å². The second kappa shape index (κ2) is 9.18. The van der Waals surface area contributed by atoms with Crippen LogP contribution in [0.15, 0.2) is 60.3 Å². The molecule has 1 aromatic heterocycles. The maximum absolute atomic E-state index is 12.5. The van der Waals surface area contributed by atoms with Crippen molar-refractivity contribution in [2.45, 2.75) is 39.0 Å². The minimum atomic E-state index is -0.0332. The Kier molecular flexibility index (Phi) is 6.42. The van der Waals surface area contributed by atoms with Gasteiger partial charge in [0.05, 0.1) is 0 Å². The maximum Gasteiger partial charge on any atom is 0.251 e. The largest absolute Gasteiger partial charge is 0.352 e. The van der Waals surface area contributed by atoms with Crippen LogP contribution in [0.1, 0.15) is 49.4 Å². The molecule has 1 N–H and O–H groups in total. The molecule has 0 atom stereocenters. The molecule has 26 heavy (non-hydrogen) atoms. The van der Waals surface area contributed by atoms with E-state index < -0.39 is 0 Å². The fourth-order valence-electron chi connectivity index (χ4n) is 3.36. The van der Waals surface area contributed by atoms with Crippen molar-refractivity contribution in [1.82, 2.24) is 10.3 Å². The van der Waals surface area contributed by atoms with E-state index in [9.17, 15) is 4.79 Å². The summed E-state index contributed by atoms with van der Waals surface area (Å²) in [5.74, 6) is 0.760. The van der Waals surface area contributed by atoms with Crippen LogP contribution >= 0.6 is 0 Å². The summed E-state index contributed by atoms with van der Waals surface area (Å²) in [5.41, 5.74) is 3.21. The van der Waals surface area contributed by atoms with Gasteiger partial charge in [0.15, 0.2) is 0 Å². The quantitative estimate of drug-likeness (QED) is 0.726. The first-order valence-electron chi connectivity index (χ1n) is 9.52. The van der Waals surface area contributed by atoms with Crippen molar-refractivity contribution in [1.29, 1.82) is 0 Å². The molecule has 1 amide bonds. The highest BCUT2D eigenvalue weighted by Crippen LogP contribution is 2.23. The lowest BCUT2D eigenvalue weighted by Crippen LogP contribution is -2.25. The zero-order valence-corrected chi connectivity index (χ0v) is 15.4. The number of nitrogens with zero attached hydrogens (tertiary/aromatic N) is 2. The molecule has 0 radical (unpaired) electrons. The first kappa shape index (κ1) is 18.2. The Hall–Kier alpha value is -2.62. The Balaban J connectivity index is 1.64. The van der Waals surface area contributed by atoms with E-state index in [0.29, 0.717) is 12.1 Å². The van der Waals surface area contributed by atoms with Crippen LogP contribution in [0, 0.1) is 0 Å². The zero-order valence-electron chi connectivity index (χ0n) is 15.4. The minimum Gasteiger partial charge on any atom is -0.352 e. The van der Waals surface area contributed by atoms with Crippen molar-refractivity contribution in [2.24, 2.45) is 0 Å². The molecule has 0 bridgehead atoms. The van der Waals surface area contributed by atoms with Crippen LogP contribution in [-0.4, -0.2) is 24.0 Å². The van der Waals surface area contributed by atoms with Gasteiger partial charge in [-0.25, -0.2) is 4.98 Å². The average Bonchev–Trinajstić information content (AvgIpc) is 2.70. The predicted molar refractivity (Wildman–Crippen MR) is 107 cm³/mol. The lowest BCUT2D eigenvalue weighted by atomic mass is 9.97. The first-order valence-corrected chi connectivity index (χ1v) is 9.52. The third kappa shape index (κ3) is 4.72. The normalized spacial score (nSPS) is 13.8. The van der Waals surface area contributed by atoms with Crippen molar-refractivity contribution in [3.05, 3.63) is 65.9 Å². The van der Waals surface area contributed by atoms with E-state index in [2.05, 4.69) is 40.3 Å². The number of amides is 1. The summed E-state index contributed by atoms with van der Waals surface area (Å²) in [6.07, 6.45) is 9.93.